The Labute approximate surface area is 142 Å². The largest absolute Gasteiger partial charge is 0.458 e. The van der Waals surface area contributed by atoms with Gasteiger partial charge in [0.25, 0.3) is 0 Å². The van der Waals surface area contributed by atoms with Crippen LogP contribution in [0.3, 0.4) is 0 Å². The molecule has 0 spiro atoms. The quantitative estimate of drug-likeness (QED) is 0.373. The van der Waals surface area contributed by atoms with Gasteiger partial charge in [-0.2, -0.15) is 5.06 Å². The van der Waals surface area contributed by atoms with Crippen LogP contribution in [-0.4, -0.2) is 53.7 Å². The number of hydrogen-bond donors (Lipinski definition) is 1. The zero-order chi connectivity index (χ0) is 18.9. The van der Waals surface area contributed by atoms with Crippen molar-refractivity contribution in [2.45, 2.75) is 45.0 Å². The molecule has 0 saturated carbocycles. The van der Waals surface area contributed by atoms with Crippen LogP contribution in [0.15, 0.2) is 37.0 Å². The summed E-state index contributed by atoms with van der Waals surface area (Å²) in [6.07, 6.45) is 3.17. The Kier molecular flexibility index (Phi) is 9.17. The molecule has 0 aliphatic carbocycles. The van der Waals surface area contributed by atoms with Crippen molar-refractivity contribution in [3.63, 3.8) is 0 Å². The Morgan fingerprint density at radius 3 is 2.33 bits per heavy atom. The Morgan fingerprint density at radius 2 is 1.92 bits per heavy atom. The van der Waals surface area contributed by atoms with Gasteiger partial charge in [-0.05, 0) is 26.3 Å². The number of likely N-dealkylation sites (N-methyl/N-ethyl adjacent to an activating group) is 1. The van der Waals surface area contributed by atoms with E-state index in [1.165, 1.54) is 40.0 Å². The molecular weight excluding hydrogens is 317 g/mol. The first-order valence-electron chi connectivity index (χ1n) is 7.43. The van der Waals surface area contributed by atoms with E-state index in [0.717, 1.165) is 0 Å². The fourth-order valence-corrected chi connectivity index (χ4v) is 1.73. The lowest BCUT2D eigenvalue weighted by Gasteiger charge is -2.26. The van der Waals surface area contributed by atoms with Crippen LogP contribution in [0.5, 0.6) is 0 Å². The van der Waals surface area contributed by atoms with E-state index in [2.05, 4.69) is 13.2 Å². The van der Waals surface area contributed by atoms with Crippen molar-refractivity contribution in [3.8, 4) is 0 Å². The Balaban J connectivity index is 4.71. The molecule has 0 heterocycles. The number of esters is 2. The molecule has 2 atom stereocenters. The highest BCUT2D eigenvalue weighted by Crippen LogP contribution is 2.20. The summed E-state index contributed by atoms with van der Waals surface area (Å²) in [5.41, 5.74) is -1.07. The minimum absolute atomic E-state index is 0.0446. The summed E-state index contributed by atoms with van der Waals surface area (Å²) in [4.78, 5) is 23.9. The van der Waals surface area contributed by atoms with Crippen LogP contribution in [0.1, 0.15) is 27.2 Å². The zero-order valence-corrected chi connectivity index (χ0v) is 14.6. The van der Waals surface area contributed by atoms with Crippen LogP contribution in [0.4, 0.5) is 4.39 Å². The van der Waals surface area contributed by atoms with E-state index < -0.39 is 29.8 Å². The van der Waals surface area contributed by atoms with Crippen molar-refractivity contribution < 1.29 is 28.7 Å². The van der Waals surface area contributed by atoms with Gasteiger partial charge in [-0.1, -0.05) is 31.4 Å². The van der Waals surface area contributed by atoms with Crippen molar-refractivity contribution in [3.05, 3.63) is 37.0 Å². The first kappa shape index (κ1) is 22.0. The third-order valence-corrected chi connectivity index (χ3v) is 3.00. The molecule has 1 N–H and O–H groups in total. The van der Waals surface area contributed by atoms with Gasteiger partial charge in [-0.25, -0.2) is 9.18 Å². The monoisotopic (exact) mass is 343 g/mol. The second-order valence-corrected chi connectivity index (χ2v) is 5.88. The molecule has 0 bridgehead atoms. The number of carbonyl (C=O) groups excluding carboxylic acids is 2. The molecule has 0 unspecified atom stereocenters. The Bertz CT molecular complexity index is 494. The Morgan fingerprint density at radius 1 is 1.33 bits per heavy atom. The lowest BCUT2D eigenvalue weighted by molar-refractivity contribution is -0.183. The lowest BCUT2D eigenvalue weighted by Crippen LogP contribution is -2.43. The number of nitrogens with zero attached hydrogens (tertiary/aromatic N) is 1. The maximum atomic E-state index is 13.7. The molecule has 0 aliphatic rings. The summed E-state index contributed by atoms with van der Waals surface area (Å²) in [7, 11) is 1.21. The summed E-state index contributed by atoms with van der Waals surface area (Å²) in [5, 5.41) is 10.0. The lowest BCUT2D eigenvalue weighted by atomic mass is 10.0. The zero-order valence-electron chi connectivity index (χ0n) is 14.6. The third kappa shape index (κ3) is 8.59. The van der Waals surface area contributed by atoms with E-state index in [4.69, 9.17) is 9.47 Å². The summed E-state index contributed by atoms with van der Waals surface area (Å²) in [6, 6.07) is -1.23. The summed E-state index contributed by atoms with van der Waals surface area (Å²) in [5.74, 6) is -1.68. The number of allylic oxidation sites excluding steroid dienone is 2. The maximum Gasteiger partial charge on any atom is 0.347 e. The third-order valence-electron chi connectivity index (χ3n) is 3.00. The van der Waals surface area contributed by atoms with Crippen LogP contribution in [0, 0.1) is 0 Å². The van der Waals surface area contributed by atoms with Crippen LogP contribution < -0.4 is 0 Å². The van der Waals surface area contributed by atoms with Crippen LogP contribution >= 0.6 is 0 Å². The van der Waals surface area contributed by atoms with Crippen LogP contribution in [0.2, 0.25) is 0 Å². The van der Waals surface area contributed by atoms with Gasteiger partial charge >= 0.3 is 11.9 Å². The van der Waals surface area contributed by atoms with Crippen LogP contribution in [0.25, 0.3) is 0 Å². The number of hydrogen-bond acceptors (Lipinski definition) is 6. The molecule has 0 fully saturated rings. The highest BCUT2D eigenvalue weighted by atomic mass is 19.1. The van der Waals surface area contributed by atoms with Gasteiger partial charge < -0.3 is 14.7 Å². The molecule has 0 aliphatic heterocycles. The molecule has 0 aromatic rings. The van der Waals surface area contributed by atoms with Crippen LogP contribution in [-0.2, 0) is 19.1 Å². The highest BCUT2D eigenvalue weighted by molar-refractivity contribution is 5.81. The molecule has 0 aromatic carbocycles. The fraction of sp³-hybridized carbons (Fsp3) is 0.529. The molecule has 24 heavy (non-hydrogen) atoms. The van der Waals surface area contributed by atoms with Crippen molar-refractivity contribution in [2.24, 2.45) is 0 Å². The topological polar surface area (TPSA) is 76.1 Å². The SMILES string of the molecule is C=C/C=C(\C=C)COC(=O)[C@@H](C)OC(=O)[C@H](CC(C)(C)F)N(C)O. The number of carbonyl (C=O) groups is 2. The average molecular weight is 343 g/mol. The first-order chi connectivity index (χ1) is 11.0. The molecule has 0 saturated heterocycles. The van der Waals surface area contributed by atoms with E-state index in [-0.39, 0.29) is 13.0 Å². The molecule has 0 rings (SSSR count). The second kappa shape index (κ2) is 10.00. The van der Waals surface area contributed by atoms with Crippen molar-refractivity contribution in [1.29, 1.82) is 0 Å². The second-order valence-electron chi connectivity index (χ2n) is 5.88. The summed E-state index contributed by atoms with van der Waals surface area (Å²) >= 11 is 0. The van der Waals surface area contributed by atoms with Gasteiger partial charge in [0, 0.05) is 13.5 Å². The molecule has 0 aromatic heterocycles. The maximum absolute atomic E-state index is 13.7. The summed E-state index contributed by atoms with van der Waals surface area (Å²) < 4.78 is 23.7. The number of rotatable bonds is 10. The number of ether oxygens (including phenoxy) is 2. The first-order valence-corrected chi connectivity index (χ1v) is 7.43. The minimum atomic E-state index is -1.70. The summed E-state index contributed by atoms with van der Waals surface area (Å²) in [6.45, 7) is 10.9. The normalized spacial score (nSPS) is 14.7. The average Bonchev–Trinajstić information content (AvgIpc) is 2.47. The van der Waals surface area contributed by atoms with Gasteiger partial charge in [-0.3, -0.25) is 4.79 Å². The van der Waals surface area contributed by atoms with Crippen molar-refractivity contribution in [1.82, 2.24) is 5.06 Å². The molecule has 7 heteroatoms. The molecule has 136 valence electrons. The predicted molar refractivity (Wildman–Crippen MR) is 88.1 cm³/mol. The van der Waals surface area contributed by atoms with E-state index in [1.807, 2.05) is 0 Å². The molecule has 0 amide bonds. The van der Waals surface area contributed by atoms with Gasteiger partial charge in [0.2, 0.25) is 0 Å². The number of alkyl halides is 1. The molecule has 0 radical (unpaired) electrons. The van der Waals surface area contributed by atoms with E-state index in [9.17, 15) is 19.2 Å². The van der Waals surface area contributed by atoms with Gasteiger partial charge in [0.15, 0.2) is 6.10 Å². The number of halogens is 1. The molecular formula is C17H26FNO5. The highest BCUT2D eigenvalue weighted by Gasteiger charge is 2.33. The molecule has 6 nitrogen and oxygen atoms in total. The van der Waals surface area contributed by atoms with Crippen molar-refractivity contribution in [2.75, 3.05) is 13.7 Å². The number of hydroxylamine groups is 2. The minimum Gasteiger partial charge on any atom is -0.458 e. The van der Waals surface area contributed by atoms with Gasteiger partial charge in [-0.15, -0.1) is 0 Å². The Hall–Kier alpha value is -1.99. The van der Waals surface area contributed by atoms with E-state index in [1.54, 1.807) is 6.08 Å². The fourth-order valence-electron chi connectivity index (χ4n) is 1.73. The van der Waals surface area contributed by atoms with E-state index in [0.29, 0.717) is 10.6 Å². The van der Waals surface area contributed by atoms with Gasteiger partial charge in [0.05, 0.1) is 0 Å². The van der Waals surface area contributed by atoms with Crippen molar-refractivity contribution >= 4 is 11.9 Å². The standard InChI is InChI=1S/C17H26FNO5/c1-7-9-13(8-2)11-23-15(20)12(3)24-16(21)14(19(6)22)10-17(4,5)18/h7-9,12,14,22H,1-2,10-11H2,3-6H3/b13-9+/t12-,14+/m1/s1. The predicted octanol–water partition coefficient (Wildman–Crippen LogP) is 2.59. The smallest absolute Gasteiger partial charge is 0.347 e. The van der Waals surface area contributed by atoms with Gasteiger partial charge in [0.1, 0.15) is 18.3 Å². The van der Waals surface area contributed by atoms with E-state index >= 15 is 0 Å².